The molecule has 1 aliphatic rings. The summed E-state index contributed by atoms with van der Waals surface area (Å²) in [4.78, 5) is 11.6. The molecule has 0 aliphatic heterocycles. The van der Waals surface area contributed by atoms with Crippen molar-refractivity contribution < 1.29 is 23.4 Å². The van der Waals surface area contributed by atoms with Gasteiger partial charge in [-0.2, -0.15) is 5.10 Å². The van der Waals surface area contributed by atoms with Crippen LogP contribution in [0.25, 0.3) is 27.5 Å². The summed E-state index contributed by atoms with van der Waals surface area (Å²) >= 11 is 0. The van der Waals surface area contributed by atoms with Crippen LogP contribution in [0.1, 0.15) is 56.2 Å². The Morgan fingerprint density at radius 2 is 2.12 bits per heavy atom. The van der Waals surface area contributed by atoms with Gasteiger partial charge >= 0.3 is 5.97 Å². The average Bonchev–Trinajstić information content (AvgIpc) is 3.48. The van der Waals surface area contributed by atoms with Gasteiger partial charge in [-0.15, -0.1) is 0 Å². The van der Waals surface area contributed by atoms with E-state index in [4.69, 9.17) is 4.74 Å². The lowest BCUT2D eigenvalue weighted by molar-refractivity contribution is -0.150. The van der Waals surface area contributed by atoms with Crippen LogP contribution in [-0.2, 0) is 4.79 Å². The average molecular weight is 453 g/mol. The number of nitrogens with zero attached hydrogens (tertiary/aromatic N) is 2. The van der Waals surface area contributed by atoms with E-state index >= 15 is 4.39 Å². The Morgan fingerprint density at radius 1 is 1.33 bits per heavy atom. The first-order valence-electron chi connectivity index (χ1n) is 11.0. The number of halogens is 2. The summed E-state index contributed by atoms with van der Waals surface area (Å²) in [5.41, 5.74) is 2.11. The molecule has 0 spiro atoms. The molecule has 0 radical (unpaired) electrons. The molecule has 2 atom stereocenters. The van der Waals surface area contributed by atoms with Gasteiger partial charge in [0, 0.05) is 28.2 Å². The predicted octanol–water partition coefficient (Wildman–Crippen LogP) is 5.84. The molecule has 0 unspecified atom stereocenters. The second-order valence-electron chi connectivity index (χ2n) is 9.14. The topological polar surface area (TPSA) is 80.1 Å². The minimum absolute atomic E-state index is 0.0200. The Kier molecular flexibility index (Phi) is 4.92. The molecule has 172 valence electrons. The van der Waals surface area contributed by atoms with Crippen molar-refractivity contribution in [1.29, 1.82) is 0 Å². The number of rotatable bonds is 5. The molecule has 2 aromatic heterocycles. The highest BCUT2D eigenvalue weighted by molar-refractivity contribution is 5.99. The predicted molar refractivity (Wildman–Crippen MR) is 122 cm³/mol. The molecule has 1 fully saturated rings. The van der Waals surface area contributed by atoms with Crippen LogP contribution in [0.3, 0.4) is 0 Å². The van der Waals surface area contributed by atoms with Gasteiger partial charge in [-0.3, -0.25) is 5.10 Å². The lowest BCUT2D eigenvalue weighted by Gasteiger charge is -2.19. The van der Waals surface area contributed by atoms with Crippen molar-refractivity contribution >= 4 is 27.8 Å². The van der Waals surface area contributed by atoms with E-state index in [1.165, 1.54) is 13.2 Å². The summed E-state index contributed by atoms with van der Waals surface area (Å²) < 4.78 is 36.6. The smallest absolute Gasteiger partial charge is 0.341 e. The van der Waals surface area contributed by atoms with Crippen LogP contribution < -0.4 is 4.74 Å². The van der Waals surface area contributed by atoms with Gasteiger partial charge in [0.05, 0.1) is 24.3 Å². The van der Waals surface area contributed by atoms with Crippen molar-refractivity contribution in [3.05, 3.63) is 53.6 Å². The molecule has 2 N–H and O–H groups in total. The number of ether oxygens (including phenoxy) is 1. The fourth-order valence-corrected chi connectivity index (χ4v) is 5.27. The molecule has 33 heavy (non-hydrogen) atoms. The summed E-state index contributed by atoms with van der Waals surface area (Å²) in [5.74, 6) is -1.95. The quantitative estimate of drug-likeness (QED) is 0.398. The minimum atomic E-state index is -2.23. The van der Waals surface area contributed by atoms with E-state index in [2.05, 4.69) is 28.6 Å². The third-order valence-corrected chi connectivity index (χ3v) is 6.79. The van der Waals surface area contributed by atoms with Crippen molar-refractivity contribution in [3.63, 3.8) is 0 Å². The Balaban J connectivity index is 1.83. The minimum Gasteiger partial charge on any atom is -0.494 e. The second kappa shape index (κ2) is 7.57. The van der Waals surface area contributed by atoms with E-state index in [1.54, 1.807) is 18.3 Å². The first kappa shape index (κ1) is 21.4. The van der Waals surface area contributed by atoms with E-state index in [0.717, 1.165) is 38.8 Å². The first-order valence-corrected chi connectivity index (χ1v) is 11.0. The molecule has 0 bridgehead atoms. The van der Waals surface area contributed by atoms with Gasteiger partial charge in [-0.25, -0.2) is 13.6 Å². The number of aromatic amines is 1. The zero-order valence-electron chi connectivity index (χ0n) is 18.7. The van der Waals surface area contributed by atoms with Crippen molar-refractivity contribution in [2.24, 2.45) is 0 Å². The van der Waals surface area contributed by atoms with Gasteiger partial charge < -0.3 is 14.4 Å². The van der Waals surface area contributed by atoms with Crippen molar-refractivity contribution in [2.45, 2.75) is 50.6 Å². The molecule has 4 aromatic rings. The van der Waals surface area contributed by atoms with Crippen molar-refractivity contribution in [3.8, 4) is 11.4 Å². The molecule has 0 amide bonds. The number of carboxylic acids is 1. The van der Waals surface area contributed by atoms with Gasteiger partial charge in [0.15, 0.2) is 11.6 Å². The fraction of sp³-hybridized carbons (Fsp3) is 0.360. The number of alkyl halides is 1. The molecule has 8 heteroatoms. The van der Waals surface area contributed by atoms with Crippen molar-refractivity contribution in [2.75, 3.05) is 7.11 Å². The largest absolute Gasteiger partial charge is 0.494 e. The Hall–Kier alpha value is -3.42. The number of benzene rings is 2. The first-order chi connectivity index (χ1) is 15.7. The van der Waals surface area contributed by atoms with Gasteiger partial charge in [0.2, 0.25) is 5.67 Å². The molecule has 6 nitrogen and oxygen atoms in total. The number of aromatic nitrogens is 3. The van der Waals surface area contributed by atoms with Gasteiger partial charge in [0.25, 0.3) is 0 Å². The number of nitrogens with one attached hydrogen (secondary N) is 1. The maximum Gasteiger partial charge on any atom is 0.341 e. The Morgan fingerprint density at radius 3 is 2.79 bits per heavy atom. The second-order valence-corrected chi connectivity index (χ2v) is 9.14. The van der Waals surface area contributed by atoms with Crippen LogP contribution in [0.2, 0.25) is 0 Å². The van der Waals surface area contributed by atoms with Crippen LogP contribution >= 0.6 is 0 Å². The molecular formula is C25H25F2N3O3. The SMILES string of the molecule is COc1cc(-n2c(C(C)C)c([C@@H]3CC[C@@](F)(C(=O)O)C3)c3cc4[nH]ncc4cc32)ccc1F. The van der Waals surface area contributed by atoms with E-state index < -0.39 is 17.5 Å². The summed E-state index contributed by atoms with van der Waals surface area (Å²) in [6, 6.07) is 8.71. The standard InChI is InChI=1S/C25H25F2N3O3/c1-13(2)23-22(14-6-7-25(27,11-14)24(31)32)17-10-19-15(12-28-29-19)8-20(17)30(23)16-4-5-18(26)21(9-16)33-3/h4-5,8-10,12-14H,6-7,11H2,1-3H3,(H,28,29)(H,31,32)/t14-,25+/m1/s1. The van der Waals surface area contributed by atoms with Gasteiger partial charge in [0.1, 0.15) is 0 Å². The fourth-order valence-electron chi connectivity index (χ4n) is 5.27. The molecule has 2 heterocycles. The van der Waals surface area contributed by atoms with E-state index in [-0.39, 0.29) is 30.4 Å². The number of fused-ring (bicyclic) bond motifs is 2. The molecule has 0 saturated heterocycles. The lowest BCUT2D eigenvalue weighted by atomic mass is 9.89. The maximum absolute atomic E-state index is 15.1. The molecular weight excluding hydrogens is 428 g/mol. The molecule has 2 aromatic carbocycles. The van der Waals surface area contributed by atoms with Crippen LogP contribution in [0, 0.1) is 5.82 Å². The van der Waals surface area contributed by atoms with Crippen LogP contribution in [-0.4, -0.2) is 38.6 Å². The van der Waals surface area contributed by atoms with Crippen LogP contribution in [0.5, 0.6) is 5.75 Å². The number of H-pyrrole nitrogens is 1. The third-order valence-electron chi connectivity index (χ3n) is 6.79. The number of hydrogen-bond donors (Lipinski definition) is 2. The Labute approximate surface area is 189 Å². The highest BCUT2D eigenvalue weighted by atomic mass is 19.1. The molecule has 1 saturated carbocycles. The lowest BCUT2D eigenvalue weighted by Crippen LogP contribution is -2.30. The summed E-state index contributed by atoms with van der Waals surface area (Å²) in [6.45, 7) is 4.11. The number of methoxy groups -OCH3 is 1. The molecule has 1 aliphatic carbocycles. The van der Waals surface area contributed by atoms with Crippen molar-refractivity contribution in [1.82, 2.24) is 14.8 Å². The number of carboxylic acid groups (broad SMARTS) is 1. The summed E-state index contributed by atoms with van der Waals surface area (Å²) in [6.07, 6.45) is 2.08. The number of aliphatic carboxylic acids is 1. The normalized spacial score (nSPS) is 20.8. The zero-order valence-corrected chi connectivity index (χ0v) is 18.7. The zero-order chi connectivity index (χ0) is 23.5. The third kappa shape index (κ3) is 3.27. The van der Waals surface area contributed by atoms with Crippen LogP contribution in [0.4, 0.5) is 8.78 Å². The van der Waals surface area contributed by atoms with E-state index in [9.17, 15) is 14.3 Å². The summed E-state index contributed by atoms with van der Waals surface area (Å²) in [5, 5.41) is 18.4. The van der Waals surface area contributed by atoms with E-state index in [1.807, 2.05) is 12.1 Å². The molecule has 5 rings (SSSR count). The van der Waals surface area contributed by atoms with E-state index in [0.29, 0.717) is 6.42 Å². The highest BCUT2D eigenvalue weighted by Gasteiger charge is 2.47. The number of hydrogen-bond acceptors (Lipinski definition) is 3. The van der Waals surface area contributed by atoms with Gasteiger partial charge in [-0.1, -0.05) is 13.8 Å². The number of carbonyl (C=O) groups is 1. The van der Waals surface area contributed by atoms with Gasteiger partial charge in [-0.05, 0) is 60.9 Å². The highest BCUT2D eigenvalue weighted by Crippen LogP contribution is 2.49. The maximum atomic E-state index is 15.1. The summed E-state index contributed by atoms with van der Waals surface area (Å²) in [7, 11) is 1.42. The van der Waals surface area contributed by atoms with Crippen LogP contribution in [0.15, 0.2) is 36.5 Å². The monoisotopic (exact) mass is 453 g/mol. The Bertz CT molecular complexity index is 1390.